The van der Waals surface area contributed by atoms with Crippen molar-refractivity contribution in [1.29, 1.82) is 0 Å². The molecule has 0 spiro atoms. The van der Waals surface area contributed by atoms with Gasteiger partial charge in [-0.15, -0.1) is 11.8 Å². The van der Waals surface area contributed by atoms with E-state index in [0.29, 0.717) is 0 Å². The minimum atomic E-state index is -0.464. The monoisotopic (exact) mass is 290 g/mol. The Morgan fingerprint density at radius 1 is 1.15 bits per heavy atom. The van der Waals surface area contributed by atoms with Crippen molar-refractivity contribution >= 4 is 28.5 Å². The van der Waals surface area contributed by atoms with Crippen molar-refractivity contribution in [3.05, 3.63) is 36.4 Å². The zero-order valence-electron chi connectivity index (χ0n) is 11.8. The zero-order valence-corrected chi connectivity index (χ0v) is 12.7. The summed E-state index contributed by atoms with van der Waals surface area (Å²) in [4.78, 5) is 12.7. The first-order valence-corrected chi connectivity index (χ1v) is 7.41. The van der Waals surface area contributed by atoms with Crippen molar-refractivity contribution in [3.63, 3.8) is 0 Å². The second-order valence-electron chi connectivity index (χ2n) is 5.50. The molecule has 2 aromatic rings. The summed E-state index contributed by atoms with van der Waals surface area (Å²) < 4.78 is 5.29. The van der Waals surface area contributed by atoms with Crippen LogP contribution in [0.2, 0.25) is 0 Å². The molecule has 3 nitrogen and oxygen atoms in total. The van der Waals surface area contributed by atoms with Crippen molar-refractivity contribution in [2.75, 3.05) is 5.75 Å². The third-order valence-electron chi connectivity index (χ3n) is 2.63. The first kappa shape index (κ1) is 14.7. The topological polar surface area (TPSA) is 46.5 Å². The molecular formula is C16H18O3S. The number of fused-ring (bicyclic) bond motifs is 1. The lowest BCUT2D eigenvalue weighted by Gasteiger charge is -2.19. The summed E-state index contributed by atoms with van der Waals surface area (Å²) in [7, 11) is 0. The van der Waals surface area contributed by atoms with Crippen LogP contribution in [0.15, 0.2) is 41.3 Å². The number of phenolic OH excluding ortho intramolecular Hbond substituents is 1. The summed E-state index contributed by atoms with van der Waals surface area (Å²) in [6, 6.07) is 11.1. The van der Waals surface area contributed by atoms with Crippen LogP contribution in [0.3, 0.4) is 0 Å². The third kappa shape index (κ3) is 3.67. The van der Waals surface area contributed by atoms with E-state index in [9.17, 15) is 9.90 Å². The molecule has 0 aliphatic rings. The van der Waals surface area contributed by atoms with E-state index in [2.05, 4.69) is 0 Å². The molecule has 0 saturated heterocycles. The van der Waals surface area contributed by atoms with Gasteiger partial charge in [0.05, 0.1) is 5.75 Å². The number of hydrogen-bond acceptors (Lipinski definition) is 4. The van der Waals surface area contributed by atoms with E-state index in [1.54, 1.807) is 6.07 Å². The third-order valence-corrected chi connectivity index (χ3v) is 3.67. The van der Waals surface area contributed by atoms with Crippen LogP contribution in [0.5, 0.6) is 5.75 Å². The van der Waals surface area contributed by atoms with Gasteiger partial charge in [-0.05, 0) is 38.3 Å². The fourth-order valence-corrected chi connectivity index (χ4v) is 2.72. The number of rotatable bonds is 3. The van der Waals surface area contributed by atoms with Crippen LogP contribution in [0, 0.1) is 0 Å². The first-order valence-electron chi connectivity index (χ1n) is 6.42. The Morgan fingerprint density at radius 2 is 1.80 bits per heavy atom. The lowest BCUT2D eigenvalue weighted by Crippen LogP contribution is -2.24. The number of thioether (sulfide) groups is 1. The Labute approximate surface area is 122 Å². The highest BCUT2D eigenvalue weighted by molar-refractivity contribution is 8.00. The Balaban J connectivity index is 2.15. The van der Waals surface area contributed by atoms with E-state index in [4.69, 9.17) is 4.74 Å². The number of hydrogen-bond donors (Lipinski definition) is 1. The smallest absolute Gasteiger partial charge is 0.316 e. The number of benzene rings is 2. The van der Waals surface area contributed by atoms with Crippen LogP contribution in [-0.4, -0.2) is 22.4 Å². The Bertz CT molecular complexity index is 629. The fourth-order valence-electron chi connectivity index (χ4n) is 1.89. The molecule has 0 atom stereocenters. The summed E-state index contributed by atoms with van der Waals surface area (Å²) in [5, 5.41) is 11.6. The molecule has 106 valence electrons. The van der Waals surface area contributed by atoms with Crippen LogP contribution in [-0.2, 0) is 9.53 Å². The number of esters is 1. The predicted octanol–water partition coefficient (Wildman–Crippen LogP) is 3.98. The second kappa shape index (κ2) is 5.75. The van der Waals surface area contributed by atoms with Crippen LogP contribution in [0.1, 0.15) is 20.8 Å². The number of carbonyl (C=O) groups is 1. The summed E-state index contributed by atoms with van der Waals surface area (Å²) in [6.45, 7) is 5.56. The Hall–Kier alpha value is -1.68. The van der Waals surface area contributed by atoms with Crippen molar-refractivity contribution in [2.24, 2.45) is 0 Å². The predicted molar refractivity (Wildman–Crippen MR) is 82.2 cm³/mol. The Morgan fingerprint density at radius 3 is 2.45 bits per heavy atom. The molecule has 0 aliphatic carbocycles. The highest BCUT2D eigenvalue weighted by Gasteiger charge is 2.16. The first-order chi connectivity index (χ1) is 9.37. The van der Waals surface area contributed by atoms with Gasteiger partial charge in [0, 0.05) is 10.3 Å². The molecule has 0 fully saturated rings. The molecule has 0 aliphatic heterocycles. The molecule has 0 aromatic heterocycles. The summed E-state index contributed by atoms with van der Waals surface area (Å²) >= 11 is 1.42. The Kier molecular flexibility index (Phi) is 4.23. The van der Waals surface area contributed by atoms with Gasteiger partial charge in [0.2, 0.25) is 0 Å². The van der Waals surface area contributed by atoms with Gasteiger partial charge in [0.1, 0.15) is 11.4 Å². The van der Waals surface area contributed by atoms with Crippen LogP contribution in [0.25, 0.3) is 10.8 Å². The minimum Gasteiger partial charge on any atom is -0.507 e. The van der Waals surface area contributed by atoms with Crippen molar-refractivity contribution < 1.29 is 14.6 Å². The lowest BCUT2D eigenvalue weighted by molar-refractivity contribution is -0.151. The second-order valence-corrected chi connectivity index (χ2v) is 6.52. The van der Waals surface area contributed by atoms with Crippen LogP contribution < -0.4 is 0 Å². The lowest BCUT2D eigenvalue weighted by atomic mass is 10.1. The highest BCUT2D eigenvalue weighted by Crippen LogP contribution is 2.33. The molecule has 0 heterocycles. The van der Waals surface area contributed by atoms with Gasteiger partial charge >= 0.3 is 5.97 Å². The van der Waals surface area contributed by atoms with E-state index < -0.39 is 5.60 Å². The van der Waals surface area contributed by atoms with Crippen molar-refractivity contribution in [2.45, 2.75) is 31.3 Å². The van der Waals surface area contributed by atoms with Gasteiger partial charge in [0.25, 0.3) is 0 Å². The summed E-state index contributed by atoms with van der Waals surface area (Å²) in [6.07, 6.45) is 0. The molecule has 20 heavy (non-hydrogen) atoms. The maximum absolute atomic E-state index is 11.7. The molecule has 4 heteroatoms. The normalized spacial score (nSPS) is 11.6. The molecule has 0 unspecified atom stereocenters. The highest BCUT2D eigenvalue weighted by atomic mass is 32.2. The molecule has 2 aromatic carbocycles. The average molecular weight is 290 g/mol. The van der Waals surface area contributed by atoms with E-state index in [0.717, 1.165) is 15.7 Å². The van der Waals surface area contributed by atoms with Crippen molar-refractivity contribution in [3.8, 4) is 5.75 Å². The van der Waals surface area contributed by atoms with Gasteiger partial charge in [-0.2, -0.15) is 0 Å². The van der Waals surface area contributed by atoms with Gasteiger partial charge in [-0.1, -0.05) is 24.3 Å². The maximum Gasteiger partial charge on any atom is 0.316 e. The van der Waals surface area contributed by atoms with E-state index in [1.165, 1.54) is 11.8 Å². The quantitative estimate of drug-likeness (QED) is 0.686. The molecule has 2 rings (SSSR count). The fraction of sp³-hybridized carbons (Fsp3) is 0.312. The zero-order chi connectivity index (χ0) is 14.8. The summed E-state index contributed by atoms with van der Waals surface area (Å²) in [5.74, 6) is 0.272. The van der Waals surface area contributed by atoms with Crippen LogP contribution >= 0.6 is 11.8 Å². The average Bonchev–Trinajstić information content (AvgIpc) is 2.36. The maximum atomic E-state index is 11.7. The summed E-state index contributed by atoms with van der Waals surface area (Å²) in [5.41, 5.74) is -0.464. The van der Waals surface area contributed by atoms with Crippen molar-refractivity contribution in [1.82, 2.24) is 0 Å². The minimum absolute atomic E-state index is 0.236. The van der Waals surface area contributed by atoms with Gasteiger partial charge in [0.15, 0.2) is 0 Å². The molecule has 1 N–H and O–H groups in total. The molecule has 0 bridgehead atoms. The molecule has 0 radical (unpaired) electrons. The molecular weight excluding hydrogens is 272 g/mol. The van der Waals surface area contributed by atoms with E-state index in [1.807, 2.05) is 51.1 Å². The SMILES string of the molecule is CC(C)(C)OC(=O)CSc1ccc(O)c2ccccc12. The number of aromatic hydroxyl groups is 1. The van der Waals surface area contributed by atoms with Gasteiger partial charge < -0.3 is 9.84 Å². The standard InChI is InChI=1S/C16H18O3S/c1-16(2,3)19-15(18)10-20-14-9-8-13(17)11-6-4-5-7-12(11)14/h4-9,17H,10H2,1-3H3. The molecule has 0 saturated carbocycles. The van der Waals surface area contributed by atoms with E-state index in [-0.39, 0.29) is 17.5 Å². The van der Waals surface area contributed by atoms with Gasteiger partial charge in [-0.25, -0.2) is 0 Å². The van der Waals surface area contributed by atoms with Crippen LogP contribution in [0.4, 0.5) is 0 Å². The number of phenols is 1. The van der Waals surface area contributed by atoms with Gasteiger partial charge in [-0.3, -0.25) is 4.79 Å². The number of carbonyl (C=O) groups excluding carboxylic acids is 1. The largest absolute Gasteiger partial charge is 0.507 e. The number of ether oxygens (including phenoxy) is 1. The molecule has 0 amide bonds. The van der Waals surface area contributed by atoms with E-state index >= 15 is 0 Å².